The summed E-state index contributed by atoms with van der Waals surface area (Å²) >= 11 is 11.2. The molecule has 5 heteroatoms. The van der Waals surface area contributed by atoms with Crippen molar-refractivity contribution in [1.82, 2.24) is 8.84 Å². The summed E-state index contributed by atoms with van der Waals surface area (Å²) in [6.07, 6.45) is 5.24. The van der Waals surface area contributed by atoms with Crippen LogP contribution in [-0.4, -0.2) is 35.0 Å². The predicted octanol–water partition coefficient (Wildman–Crippen LogP) is 3.53. The molecule has 0 spiro atoms. The van der Waals surface area contributed by atoms with Crippen LogP contribution in [0.5, 0.6) is 0 Å². The molecular weight excluding hydrogens is 254 g/mol. The lowest BCUT2D eigenvalue weighted by Crippen LogP contribution is -2.38. The molecule has 1 saturated heterocycles. The number of piperidine rings is 1. The van der Waals surface area contributed by atoms with Gasteiger partial charge in [0.15, 0.2) is 0 Å². The monoisotopic (exact) mass is 274 g/mol. The van der Waals surface area contributed by atoms with E-state index in [1.807, 2.05) is 0 Å². The van der Waals surface area contributed by atoms with Crippen molar-refractivity contribution in [2.45, 2.75) is 38.6 Å². The van der Waals surface area contributed by atoms with Crippen LogP contribution in [0, 0.1) is 5.92 Å². The quantitative estimate of drug-likeness (QED) is 0.724. The van der Waals surface area contributed by atoms with Gasteiger partial charge in [-0.1, -0.05) is 13.3 Å². The summed E-state index contributed by atoms with van der Waals surface area (Å²) in [4.78, 5) is 2.47. The van der Waals surface area contributed by atoms with Crippen LogP contribution in [0.1, 0.15) is 32.6 Å². The van der Waals surface area contributed by atoms with E-state index in [1.54, 1.807) is 0 Å². The van der Waals surface area contributed by atoms with Crippen LogP contribution in [0.15, 0.2) is 0 Å². The van der Waals surface area contributed by atoms with E-state index in [1.165, 1.54) is 36.2 Å². The molecule has 2 unspecified atom stereocenters. The molecule has 2 nitrogen and oxygen atoms in total. The van der Waals surface area contributed by atoms with Gasteiger partial charge in [-0.05, 0) is 62.3 Å². The number of hydrogen-bond acceptors (Lipinski definition) is 2. The van der Waals surface area contributed by atoms with Gasteiger partial charge in [0.2, 0.25) is 0 Å². The second-order valence-corrected chi connectivity index (χ2v) is 5.45. The molecule has 0 N–H and O–H groups in total. The molecule has 1 rings (SSSR count). The number of hydrogen-bond donors (Lipinski definition) is 0. The standard InChI is InChI=1S/C10H20Cl2N2.ClH/c1-9(8-14(11)12)7-10-5-3-4-6-13(10)2;/h9-10H,3-8H2,1-2H3;1H. The maximum atomic E-state index is 5.61. The van der Waals surface area contributed by atoms with E-state index in [9.17, 15) is 0 Å². The second kappa shape index (κ2) is 7.97. The average molecular weight is 276 g/mol. The Bertz CT molecular complexity index is 167. The lowest BCUT2D eigenvalue weighted by atomic mass is 9.94. The molecule has 0 aromatic rings. The largest absolute Gasteiger partial charge is 0.303 e. The van der Waals surface area contributed by atoms with Gasteiger partial charge in [-0.2, -0.15) is 0 Å². The third kappa shape index (κ3) is 6.18. The van der Waals surface area contributed by atoms with Crippen molar-refractivity contribution in [3.05, 3.63) is 0 Å². The van der Waals surface area contributed by atoms with Gasteiger partial charge in [-0.25, -0.2) is 0 Å². The SMILES string of the molecule is CC(CC1CCCCN1C)CN(Cl)Cl.Cl. The van der Waals surface area contributed by atoms with Crippen LogP contribution in [-0.2, 0) is 0 Å². The van der Waals surface area contributed by atoms with Crippen LogP contribution in [0.4, 0.5) is 0 Å². The average Bonchev–Trinajstić information content (AvgIpc) is 2.07. The number of rotatable bonds is 4. The van der Waals surface area contributed by atoms with E-state index < -0.39 is 0 Å². The minimum atomic E-state index is 0. The van der Waals surface area contributed by atoms with E-state index in [-0.39, 0.29) is 12.4 Å². The van der Waals surface area contributed by atoms with E-state index in [0.717, 1.165) is 12.6 Å². The first kappa shape index (κ1) is 15.8. The fourth-order valence-corrected chi connectivity index (χ4v) is 2.69. The van der Waals surface area contributed by atoms with Crippen molar-refractivity contribution in [2.75, 3.05) is 20.1 Å². The molecule has 1 aliphatic heterocycles. The zero-order valence-corrected chi connectivity index (χ0v) is 11.8. The molecule has 1 heterocycles. The Morgan fingerprint density at radius 2 is 2.07 bits per heavy atom. The van der Waals surface area contributed by atoms with Crippen LogP contribution in [0.2, 0.25) is 0 Å². The third-order valence-electron chi connectivity index (χ3n) is 3.05. The summed E-state index contributed by atoms with van der Waals surface area (Å²) in [6.45, 7) is 4.20. The van der Waals surface area contributed by atoms with Crippen LogP contribution >= 0.6 is 36.0 Å². The fourth-order valence-electron chi connectivity index (χ4n) is 2.22. The lowest BCUT2D eigenvalue weighted by molar-refractivity contribution is 0.158. The van der Waals surface area contributed by atoms with Crippen molar-refractivity contribution in [1.29, 1.82) is 0 Å². The van der Waals surface area contributed by atoms with Crippen molar-refractivity contribution < 1.29 is 0 Å². The van der Waals surface area contributed by atoms with Gasteiger partial charge in [0.25, 0.3) is 0 Å². The van der Waals surface area contributed by atoms with Crippen LogP contribution in [0.25, 0.3) is 0 Å². The Labute approximate surface area is 110 Å². The lowest BCUT2D eigenvalue weighted by Gasteiger charge is -2.34. The molecule has 92 valence electrons. The first-order chi connectivity index (χ1) is 6.59. The van der Waals surface area contributed by atoms with Crippen LogP contribution in [0.3, 0.4) is 0 Å². The Morgan fingerprint density at radius 1 is 1.40 bits per heavy atom. The van der Waals surface area contributed by atoms with Gasteiger partial charge in [0, 0.05) is 12.6 Å². The molecule has 0 radical (unpaired) electrons. The van der Waals surface area contributed by atoms with Crippen LogP contribution < -0.4 is 0 Å². The first-order valence-electron chi connectivity index (χ1n) is 5.39. The third-order valence-corrected chi connectivity index (χ3v) is 3.32. The van der Waals surface area contributed by atoms with Gasteiger partial charge >= 0.3 is 0 Å². The number of halogens is 3. The molecule has 2 atom stereocenters. The predicted molar refractivity (Wildman–Crippen MR) is 69.7 cm³/mol. The maximum absolute atomic E-state index is 5.61. The fraction of sp³-hybridized carbons (Fsp3) is 1.00. The Balaban J connectivity index is 0.00000196. The number of nitrogens with zero attached hydrogens (tertiary/aromatic N) is 2. The molecule has 15 heavy (non-hydrogen) atoms. The van der Waals surface area contributed by atoms with Gasteiger partial charge in [0.1, 0.15) is 0 Å². The Morgan fingerprint density at radius 3 is 2.60 bits per heavy atom. The molecule has 0 bridgehead atoms. The molecule has 0 aromatic carbocycles. The Hall–Kier alpha value is 0.790. The highest BCUT2D eigenvalue weighted by molar-refractivity contribution is 6.33. The zero-order chi connectivity index (χ0) is 10.6. The summed E-state index contributed by atoms with van der Waals surface area (Å²) in [7, 11) is 2.22. The summed E-state index contributed by atoms with van der Waals surface area (Å²) in [5.41, 5.74) is 0. The highest BCUT2D eigenvalue weighted by Gasteiger charge is 2.21. The molecule has 0 saturated carbocycles. The van der Waals surface area contributed by atoms with E-state index in [2.05, 4.69) is 18.9 Å². The minimum absolute atomic E-state index is 0. The summed E-state index contributed by atoms with van der Waals surface area (Å²) in [5, 5.41) is 0. The number of likely N-dealkylation sites (tertiary alicyclic amines) is 1. The van der Waals surface area contributed by atoms with E-state index in [4.69, 9.17) is 23.6 Å². The second-order valence-electron chi connectivity index (χ2n) is 4.46. The topological polar surface area (TPSA) is 6.48 Å². The molecule has 1 fully saturated rings. The normalized spacial score (nSPS) is 25.0. The van der Waals surface area contributed by atoms with Gasteiger partial charge in [-0.15, -0.1) is 16.3 Å². The molecular formula is C10H21Cl3N2. The smallest absolute Gasteiger partial charge is 0.0330 e. The van der Waals surface area contributed by atoms with Crippen molar-refractivity contribution in [3.63, 3.8) is 0 Å². The summed E-state index contributed by atoms with van der Waals surface area (Å²) in [6, 6.07) is 0.729. The van der Waals surface area contributed by atoms with Crippen molar-refractivity contribution >= 4 is 36.0 Å². The highest BCUT2D eigenvalue weighted by Crippen LogP contribution is 2.22. The molecule has 1 aliphatic rings. The van der Waals surface area contributed by atoms with Gasteiger partial charge < -0.3 is 4.90 Å². The van der Waals surface area contributed by atoms with Crippen molar-refractivity contribution in [3.8, 4) is 0 Å². The summed E-state index contributed by atoms with van der Waals surface area (Å²) < 4.78 is 1.24. The highest BCUT2D eigenvalue weighted by atomic mass is 35.5. The minimum Gasteiger partial charge on any atom is -0.303 e. The van der Waals surface area contributed by atoms with Gasteiger partial charge in [-0.3, -0.25) is 0 Å². The Kier molecular flexibility index (Phi) is 8.39. The van der Waals surface area contributed by atoms with Gasteiger partial charge in [0.05, 0.1) is 0 Å². The van der Waals surface area contributed by atoms with E-state index in [0.29, 0.717) is 5.92 Å². The first-order valence-corrected chi connectivity index (χ1v) is 6.06. The van der Waals surface area contributed by atoms with Crippen molar-refractivity contribution in [2.24, 2.45) is 5.92 Å². The van der Waals surface area contributed by atoms with E-state index >= 15 is 0 Å². The maximum Gasteiger partial charge on any atom is 0.0330 e. The molecule has 0 aliphatic carbocycles. The molecule has 0 amide bonds. The molecule has 0 aromatic heterocycles. The zero-order valence-electron chi connectivity index (χ0n) is 9.46. The summed E-state index contributed by atoms with van der Waals surface area (Å²) in [5.74, 6) is 0.565.